The van der Waals surface area contributed by atoms with E-state index in [1.807, 2.05) is 35.2 Å². The molecule has 0 spiro atoms. The van der Waals surface area contributed by atoms with Crippen LogP contribution in [0.5, 0.6) is 11.5 Å². The fourth-order valence-electron chi connectivity index (χ4n) is 3.60. The lowest BCUT2D eigenvalue weighted by Gasteiger charge is -2.34. The molecule has 1 aliphatic heterocycles. The number of carbonyl (C=O) groups is 1. The summed E-state index contributed by atoms with van der Waals surface area (Å²) < 4.78 is 30.2. The second-order valence-electron chi connectivity index (χ2n) is 7.48. The number of nitriles is 1. The van der Waals surface area contributed by atoms with Crippen molar-refractivity contribution in [3.8, 4) is 17.6 Å². The van der Waals surface area contributed by atoms with Crippen molar-refractivity contribution in [3.05, 3.63) is 71.5 Å². The van der Waals surface area contributed by atoms with Crippen molar-refractivity contribution in [1.29, 1.82) is 5.26 Å². The van der Waals surface area contributed by atoms with Gasteiger partial charge in [0.05, 0.1) is 7.11 Å². The highest BCUT2D eigenvalue weighted by Gasteiger charge is 2.26. The van der Waals surface area contributed by atoms with Crippen LogP contribution >= 0.6 is 0 Å². The molecule has 34 heavy (non-hydrogen) atoms. The Kier molecular flexibility index (Phi) is 7.08. The van der Waals surface area contributed by atoms with Crippen molar-refractivity contribution < 1.29 is 23.1 Å². The highest BCUT2D eigenvalue weighted by molar-refractivity contribution is 5.78. The number of methoxy groups -OCH3 is 1. The molecule has 174 valence electrons. The van der Waals surface area contributed by atoms with Crippen LogP contribution in [0.2, 0.25) is 0 Å². The van der Waals surface area contributed by atoms with E-state index in [9.17, 15) is 14.4 Å². The van der Waals surface area contributed by atoms with E-state index in [0.717, 1.165) is 5.56 Å². The molecule has 0 radical (unpaired) electrons. The van der Waals surface area contributed by atoms with Gasteiger partial charge in [-0.25, -0.2) is 4.39 Å². The first-order valence-corrected chi connectivity index (χ1v) is 10.7. The van der Waals surface area contributed by atoms with Gasteiger partial charge in [0, 0.05) is 37.8 Å². The molecule has 4 rings (SSSR count). The molecule has 0 aliphatic carbocycles. The molecule has 1 amide bonds. The number of amides is 1. The predicted molar refractivity (Wildman–Crippen MR) is 124 cm³/mol. The topological polar surface area (TPSA) is 91.8 Å². The number of benzene rings is 2. The minimum Gasteiger partial charge on any atom is -0.496 e. The number of nitrogens with zero attached hydrogens (tertiary/aromatic N) is 4. The molecule has 0 bridgehead atoms. The molecule has 3 aromatic rings. The summed E-state index contributed by atoms with van der Waals surface area (Å²) in [5.41, 5.74) is 1.04. The average molecular weight is 462 g/mol. The number of piperazine rings is 1. The van der Waals surface area contributed by atoms with Crippen LogP contribution in [0, 0.1) is 17.1 Å². The zero-order valence-corrected chi connectivity index (χ0v) is 18.6. The standard InChI is InChI=1S/C25H23FN4O4/c1-32-21-8-4-2-6-18(21)10-11-23-28-20(16-27)25(34-23)30-14-12-29(13-15-30)24(31)17-33-22-9-5-3-7-19(22)26/h2-11H,12-15,17H2,1H3/b11-10+. The van der Waals surface area contributed by atoms with E-state index in [0.29, 0.717) is 43.7 Å². The largest absolute Gasteiger partial charge is 0.496 e. The Bertz CT molecular complexity index is 1230. The van der Waals surface area contributed by atoms with Gasteiger partial charge < -0.3 is 23.7 Å². The van der Waals surface area contributed by atoms with Gasteiger partial charge in [-0.05, 0) is 24.3 Å². The molecule has 2 aromatic carbocycles. The molecule has 0 saturated carbocycles. The summed E-state index contributed by atoms with van der Waals surface area (Å²) in [6, 6.07) is 15.6. The minimum atomic E-state index is -0.509. The van der Waals surface area contributed by atoms with Gasteiger partial charge in [0.2, 0.25) is 17.5 Å². The molecule has 0 unspecified atom stereocenters. The molecule has 8 nitrogen and oxygen atoms in total. The van der Waals surface area contributed by atoms with Crippen LogP contribution in [0.15, 0.2) is 52.9 Å². The first kappa shape index (κ1) is 22.9. The number of carbonyl (C=O) groups excluding carboxylic acids is 1. The van der Waals surface area contributed by atoms with Gasteiger partial charge >= 0.3 is 0 Å². The highest BCUT2D eigenvalue weighted by atomic mass is 19.1. The third kappa shape index (κ3) is 5.18. The van der Waals surface area contributed by atoms with Crippen LogP contribution in [0.1, 0.15) is 17.1 Å². The lowest BCUT2D eigenvalue weighted by molar-refractivity contribution is -0.133. The minimum absolute atomic E-state index is 0.0449. The third-order valence-corrected chi connectivity index (χ3v) is 5.38. The fraction of sp³-hybridized carbons (Fsp3) is 0.240. The van der Waals surface area contributed by atoms with Gasteiger partial charge in [-0.3, -0.25) is 4.79 Å². The van der Waals surface area contributed by atoms with E-state index in [1.165, 1.54) is 12.1 Å². The Hall–Kier alpha value is -4.32. The predicted octanol–water partition coefficient (Wildman–Crippen LogP) is 3.59. The summed E-state index contributed by atoms with van der Waals surface area (Å²) in [4.78, 5) is 20.3. The van der Waals surface area contributed by atoms with Crippen molar-refractivity contribution in [2.24, 2.45) is 0 Å². The number of para-hydroxylation sites is 2. The maximum atomic E-state index is 13.7. The summed E-state index contributed by atoms with van der Waals surface area (Å²) in [6.07, 6.45) is 3.49. The van der Waals surface area contributed by atoms with Gasteiger partial charge in [-0.1, -0.05) is 30.3 Å². The average Bonchev–Trinajstić information content (AvgIpc) is 3.30. The smallest absolute Gasteiger partial charge is 0.260 e. The number of ether oxygens (including phenoxy) is 2. The van der Waals surface area contributed by atoms with Crippen LogP contribution in [-0.4, -0.2) is 55.7 Å². The second-order valence-corrected chi connectivity index (χ2v) is 7.48. The van der Waals surface area contributed by atoms with Crippen LogP contribution in [0.3, 0.4) is 0 Å². The SMILES string of the molecule is COc1ccccc1/C=C/c1nc(C#N)c(N2CCN(C(=O)COc3ccccc3F)CC2)o1. The zero-order chi connectivity index (χ0) is 23.9. The first-order valence-electron chi connectivity index (χ1n) is 10.7. The Labute approximate surface area is 196 Å². The van der Waals surface area contributed by atoms with Crippen molar-refractivity contribution >= 4 is 23.9 Å². The Morgan fingerprint density at radius 1 is 1.12 bits per heavy atom. The van der Waals surface area contributed by atoms with Crippen molar-refractivity contribution in [2.75, 3.05) is 44.8 Å². The Morgan fingerprint density at radius 2 is 1.82 bits per heavy atom. The van der Waals surface area contributed by atoms with Crippen LogP contribution < -0.4 is 14.4 Å². The number of anilines is 1. The molecule has 0 N–H and O–H groups in total. The number of hydrogen-bond acceptors (Lipinski definition) is 7. The summed E-state index contributed by atoms with van der Waals surface area (Å²) in [5, 5.41) is 9.52. The maximum Gasteiger partial charge on any atom is 0.260 e. The van der Waals surface area contributed by atoms with E-state index in [2.05, 4.69) is 11.1 Å². The molecule has 0 atom stereocenters. The van der Waals surface area contributed by atoms with E-state index in [4.69, 9.17) is 13.9 Å². The fourth-order valence-corrected chi connectivity index (χ4v) is 3.60. The van der Waals surface area contributed by atoms with Gasteiger partial charge in [-0.2, -0.15) is 10.2 Å². The highest BCUT2D eigenvalue weighted by Crippen LogP contribution is 2.25. The number of aromatic nitrogens is 1. The number of oxazole rings is 1. The van der Waals surface area contributed by atoms with Gasteiger partial charge in [-0.15, -0.1) is 0 Å². The zero-order valence-electron chi connectivity index (χ0n) is 18.6. The van der Waals surface area contributed by atoms with Gasteiger partial charge in [0.15, 0.2) is 18.2 Å². The molecule has 1 saturated heterocycles. The molecule has 9 heteroatoms. The summed E-state index contributed by atoms with van der Waals surface area (Å²) in [6.45, 7) is 1.51. The maximum absolute atomic E-state index is 13.7. The summed E-state index contributed by atoms with van der Waals surface area (Å²) in [7, 11) is 1.60. The number of hydrogen-bond donors (Lipinski definition) is 0. The molecule has 1 aromatic heterocycles. The van der Waals surface area contributed by atoms with Crippen molar-refractivity contribution in [3.63, 3.8) is 0 Å². The quantitative estimate of drug-likeness (QED) is 0.530. The van der Waals surface area contributed by atoms with E-state index >= 15 is 0 Å². The van der Waals surface area contributed by atoms with E-state index < -0.39 is 5.82 Å². The Balaban J connectivity index is 1.37. The van der Waals surface area contributed by atoms with Crippen molar-refractivity contribution in [1.82, 2.24) is 9.88 Å². The van der Waals surface area contributed by atoms with Crippen molar-refractivity contribution in [2.45, 2.75) is 0 Å². The molecule has 1 aliphatic rings. The molecular weight excluding hydrogens is 439 g/mol. The molecule has 1 fully saturated rings. The van der Waals surface area contributed by atoms with Gasteiger partial charge in [0.1, 0.15) is 11.8 Å². The number of rotatable bonds is 7. The summed E-state index contributed by atoms with van der Waals surface area (Å²) in [5.74, 6) is 0.687. The normalized spacial score (nSPS) is 13.7. The second kappa shape index (κ2) is 10.5. The summed E-state index contributed by atoms with van der Waals surface area (Å²) >= 11 is 0. The van der Waals surface area contributed by atoms with Crippen LogP contribution in [0.4, 0.5) is 10.3 Å². The third-order valence-electron chi connectivity index (χ3n) is 5.38. The monoisotopic (exact) mass is 462 g/mol. The molecular formula is C25H23FN4O4. The molecule has 2 heterocycles. The first-order chi connectivity index (χ1) is 16.6. The van der Waals surface area contributed by atoms with Crippen LogP contribution in [0.25, 0.3) is 12.2 Å². The van der Waals surface area contributed by atoms with E-state index in [1.54, 1.807) is 30.2 Å². The van der Waals surface area contributed by atoms with Crippen LogP contribution in [-0.2, 0) is 4.79 Å². The van der Waals surface area contributed by atoms with E-state index in [-0.39, 0.29) is 24.0 Å². The lowest BCUT2D eigenvalue weighted by atomic mass is 10.2. The Morgan fingerprint density at radius 3 is 2.53 bits per heavy atom. The lowest BCUT2D eigenvalue weighted by Crippen LogP contribution is -2.50. The van der Waals surface area contributed by atoms with Gasteiger partial charge in [0.25, 0.3) is 5.91 Å². The number of halogens is 1.